The number of hydrogen-bond donors (Lipinski definition) is 0. The minimum Gasteiger partial charge on any atom is -0.270 e. The van der Waals surface area contributed by atoms with Crippen LogP contribution in [0.15, 0.2) is 71.0 Å². The van der Waals surface area contributed by atoms with Crippen LogP contribution in [0, 0.1) is 0 Å². The van der Waals surface area contributed by atoms with Gasteiger partial charge in [-0.25, -0.2) is 16.8 Å². The molecule has 0 fully saturated rings. The molecule has 12 heteroatoms. The zero-order chi connectivity index (χ0) is 26.5. The second-order valence-corrected chi connectivity index (χ2v) is 12.9. The van der Waals surface area contributed by atoms with Crippen LogP contribution in [0.3, 0.4) is 0 Å². The van der Waals surface area contributed by atoms with Crippen molar-refractivity contribution in [2.45, 2.75) is 56.3 Å². The Morgan fingerprint density at radius 2 is 0.946 bits per heavy atom. The number of nitrogens with zero attached hydrogens (tertiary/aromatic N) is 6. The van der Waals surface area contributed by atoms with Gasteiger partial charge >= 0.3 is 0 Å². The van der Waals surface area contributed by atoms with Gasteiger partial charge in [0, 0.05) is 24.2 Å². The Bertz CT molecular complexity index is 1430. The third-order valence-corrected chi connectivity index (χ3v) is 9.21. The number of unbranched alkanes of at least 4 members (excludes halogenated alkanes) is 2. The molecule has 4 rings (SSSR count). The maximum absolute atomic E-state index is 12.6. The van der Waals surface area contributed by atoms with Gasteiger partial charge in [-0.1, -0.05) is 56.7 Å². The summed E-state index contributed by atoms with van der Waals surface area (Å²) >= 11 is 0. The van der Waals surface area contributed by atoms with Crippen LogP contribution in [-0.4, -0.2) is 57.9 Å². The van der Waals surface area contributed by atoms with Crippen molar-refractivity contribution in [3.05, 3.63) is 72.3 Å². The highest BCUT2D eigenvalue weighted by atomic mass is 32.2. The van der Waals surface area contributed by atoms with E-state index < -0.39 is 19.7 Å². The number of aryl methyl sites for hydroxylation is 2. The van der Waals surface area contributed by atoms with E-state index >= 15 is 0 Å². The molecule has 0 radical (unpaired) electrons. The zero-order valence-electron chi connectivity index (χ0n) is 20.9. The summed E-state index contributed by atoms with van der Waals surface area (Å²) in [6.07, 6.45) is 3.38. The van der Waals surface area contributed by atoms with Crippen LogP contribution in [0.2, 0.25) is 0 Å². The molecule has 4 aromatic rings. The fourth-order valence-electron chi connectivity index (χ4n) is 4.00. The number of sulfone groups is 2. The average molecular weight is 543 g/mol. The first-order valence-electron chi connectivity index (χ1n) is 12.2. The van der Waals surface area contributed by atoms with Crippen LogP contribution < -0.4 is 0 Å². The van der Waals surface area contributed by atoms with Gasteiger partial charge < -0.3 is 0 Å². The lowest BCUT2D eigenvalue weighted by molar-refractivity contribution is 0.582. The average Bonchev–Trinajstić information content (AvgIpc) is 3.55. The summed E-state index contributed by atoms with van der Waals surface area (Å²) in [4.78, 5) is 0. The molecule has 2 aromatic carbocycles. The number of aromatic nitrogens is 6. The first-order chi connectivity index (χ1) is 17.8. The highest BCUT2D eigenvalue weighted by Crippen LogP contribution is 2.21. The van der Waals surface area contributed by atoms with Crippen molar-refractivity contribution >= 4 is 19.7 Å². The molecule has 0 saturated carbocycles. The molecular formula is C25H30N6O4S2. The van der Waals surface area contributed by atoms with Crippen molar-refractivity contribution in [1.82, 2.24) is 29.5 Å². The molecule has 196 valence electrons. The number of rotatable bonds is 12. The predicted molar refractivity (Wildman–Crippen MR) is 139 cm³/mol. The second-order valence-electron chi connectivity index (χ2n) is 8.51. The highest BCUT2D eigenvalue weighted by Gasteiger charge is 2.25. The standard InChI is InChI=1S/C25H30N6O4S2/c1-3-36(32,33)24-28-26-22(30(24)20-14-8-5-9-15-20)18-12-7-13-19-23-27-29-25(37(34,35)4-2)31(23)21-16-10-6-11-17-21/h5-6,8-11,14-17H,3-4,7,12-13,18-19H2,1-2H3. The van der Waals surface area contributed by atoms with Gasteiger partial charge in [-0.3, -0.25) is 9.13 Å². The Hall–Kier alpha value is -3.38. The van der Waals surface area contributed by atoms with E-state index in [2.05, 4.69) is 20.4 Å². The number of hydrogen-bond acceptors (Lipinski definition) is 8. The van der Waals surface area contributed by atoms with E-state index in [9.17, 15) is 16.8 Å². The second kappa shape index (κ2) is 11.3. The van der Waals surface area contributed by atoms with Crippen LogP contribution in [0.5, 0.6) is 0 Å². The van der Waals surface area contributed by atoms with Gasteiger partial charge in [0.1, 0.15) is 11.6 Å². The lowest BCUT2D eigenvalue weighted by Crippen LogP contribution is -2.13. The van der Waals surface area contributed by atoms with Gasteiger partial charge in [0.15, 0.2) is 0 Å². The molecule has 2 heterocycles. The molecule has 0 aliphatic rings. The van der Waals surface area contributed by atoms with Gasteiger partial charge in [-0.05, 0) is 37.1 Å². The molecule has 0 saturated heterocycles. The smallest absolute Gasteiger partial charge is 0.254 e. The van der Waals surface area contributed by atoms with Crippen LogP contribution in [-0.2, 0) is 32.5 Å². The first-order valence-corrected chi connectivity index (χ1v) is 15.5. The normalized spacial score (nSPS) is 12.2. The summed E-state index contributed by atoms with van der Waals surface area (Å²) in [6.45, 7) is 3.18. The molecule has 0 spiro atoms. The minimum atomic E-state index is -3.55. The Morgan fingerprint density at radius 1 is 0.568 bits per heavy atom. The van der Waals surface area contributed by atoms with Crippen molar-refractivity contribution in [3.8, 4) is 11.4 Å². The fraction of sp³-hybridized carbons (Fsp3) is 0.360. The van der Waals surface area contributed by atoms with E-state index in [1.807, 2.05) is 60.7 Å². The third-order valence-electron chi connectivity index (χ3n) is 6.05. The Kier molecular flexibility index (Phi) is 8.18. The zero-order valence-corrected chi connectivity index (χ0v) is 22.5. The lowest BCUT2D eigenvalue weighted by atomic mass is 10.1. The maximum Gasteiger partial charge on any atom is 0.254 e. The van der Waals surface area contributed by atoms with Crippen molar-refractivity contribution in [2.75, 3.05) is 11.5 Å². The molecule has 0 bridgehead atoms. The largest absolute Gasteiger partial charge is 0.270 e. The van der Waals surface area contributed by atoms with E-state index in [0.717, 1.165) is 19.3 Å². The van der Waals surface area contributed by atoms with Crippen molar-refractivity contribution in [1.29, 1.82) is 0 Å². The summed E-state index contributed by atoms with van der Waals surface area (Å²) in [7, 11) is -7.10. The van der Waals surface area contributed by atoms with Gasteiger partial charge in [0.25, 0.3) is 10.3 Å². The summed E-state index contributed by atoms with van der Waals surface area (Å²) in [5, 5.41) is 16.3. The van der Waals surface area contributed by atoms with Gasteiger partial charge in [-0.2, -0.15) is 0 Å². The molecule has 2 aromatic heterocycles. The van der Waals surface area contributed by atoms with E-state index in [1.165, 1.54) is 0 Å². The minimum absolute atomic E-state index is 0.0446. The molecule has 37 heavy (non-hydrogen) atoms. The number of para-hydroxylation sites is 2. The molecule has 0 unspecified atom stereocenters. The Labute approximate surface area is 217 Å². The Morgan fingerprint density at radius 3 is 1.30 bits per heavy atom. The Balaban J connectivity index is 1.48. The molecule has 0 amide bonds. The lowest BCUT2D eigenvalue weighted by Gasteiger charge is -2.11. The summed E-state index contributed by atoms with van der Waals surface area (Å²) in [5.41, 5.74) is 1.41. The summed E-state index contributed by atoms with van der Waals surface area (Å²) in [6, 6.07) is 18.4. The predicted octanol–water partition coefficient (Wildman–Crippen LogP) is 3.39. The molecule has 0 N–H and O–H groups in total. The van der Waals surface area contributed by atoms with Crippen molar-refractivity contribution in [2.24, 2.45) is 0 Å². The quantitative estimate of drug-likeness (QED) is 0.249. The van der Waals surface area contributed by atoms with Crippen LogP contribution in [0.4, 0.5) is 0 Å². The van der Waals surface area contributed by atoms with Crippen molar-refractivity contribution in [3.63, 3.8) is 0 Å². The third kappa shape index (κ3) is 5.80. The van der Waals surface area contributed by atoms with E-state index in [0.29, 0.717) is 35.9 Å². The van der Waals surface area contributed by atoms with Gasteiger partial charge in [0.2, 0.25) is 19.7 Å². The monoisotopic (exact) mass is 542 g/mol. The molecule has 0 aliphatic heterocycles. The topological polar surface area (TPSA) is 130 Å². The fourth-order valence-corrected chi connectivity index (χ4v) is 5.83. The van der Waals surface area contributed by atoms with Crippen molar-refractivity contribution < 1.29 is 16.8 Å². The molecule has 0 aliphatic carbocycles. The molecule has 10 nitrogen and oxygen atoms in total. The molecule has 0 atom stereocenters. The van der Waals surface area contributed by atoms with Gasteiger partial charge in [-0.15, -0.1) is 20.4 Å². The maximum atomic E-state index is 12.6. The van der Waals surface area contributed by atoms with Crippen LogP contribution in [0.25, 0.3) is 11.4 Å². The highest BCUT2D eigenvalue weighted by molar-refractivity contribution is 7.91. The number of benzene rings is 2. The van der Waals surface area contributed by atoms with Crippen LogP contribution in [0.1, 0.15) is 44.8 Å². The molecular weight excluding hydrogens is 512 g/mol. The van der Waals surface area contributed by atoms with E-state index in [4.69, 9.17) is 0 Å². The van der Waals surface area contributed by atoms with Gasteiger partial charge in [0.05, 0.1) is 11.5 Å². The summed E-state index contributed by atoms with van der Waals surface area (Å²) in [5.74, 6) is 1.05. The summed E-state index contributed by atoms with van der Waals surface area (Å²) < 4.78 is 53.6. The van der Waals surface area contributed by atoms with Crippen LogP contribution >= 0.6 is 0 Å². The first kappa shape index (κ1) is 26.7. The van der Waals surface area contributed by atoms with E-state index in [-0.39, 0.29) is 21.8 Å². The van der Waals surface area contributed by atoms with E-state index in [1.54, 1.807) is 23.0 Å². The SMILES string of the molecule is CCS(=O)(=O)c1nnc(CCCCCc2nnc(S(=O)(=O)CC)n2-c2ccccc2)n1-c1ccccc1.